The number of nitrogens with one attached hydrogen (secondary N) is 1. The zero-order valence-corrected chi connectivity index (χ0v) is 16.3. The number of rotatable bonds is 5. The molecule has 1 N–H and O–H groups in total. The molecule has 3 aromatic rings. The highest BCUT2D eigenvalue weighted by Gasteiger charge is 2.14. The Morgan fingerprint density at radius 1 is 0.857 bits per heavy atom. The summed E-state index contributed by atoms with van der Waals surface area (Å²) in [5.41, 5.74) is 2.99. The molecule has 7 heteroatoms. The molecule has 0 radical (unpaired) electrons. The minimum atomic E-state index is -3.39. The topological polar surface area (TPSA) is 88.0 Å². The number of carbonyl (C=O) groups excluding carboxylic acids is 1. The van der Waals surface area contributed by atoms with E-state index in [1.165, 1.54) is 12.1 Å². The molecule has 0 aromatic heterocycles. The Balaban J connectivity index is 1.74. The van der Waals surface area contributed by atoms with E-state index in [1.807, 2.05) is 30.3 Å². The Morgan fingerprint density at radius 2 is 1.46 bits per heavy atom. The van der Waals surface area contributed by atoms with Gasteiger partial charge in [-0.3, -0.25) is 4.79 Å². The van der Waals surface area contributed by atoms with Crippen molar-refractivity contribution in [2.24, 2.45) is 10.2 Å². The smallest absolute Gasteiger partial charge is 0.255 e. The fourth-order valence-corrected chi connectivity index (χ4v) is 3.14. The summed E-state index contributed by atoms with van der Waals surface area (Å²) in [4.78, 5) is 12.7. The molecular formula is C21H19N3O3S. The minimum Gasteiger partial charge on any atom is -0.322 e. The van der Waals surface area contributed by atoms with Crippen LogP contribution in [0.2, 0.25) is 0 Å². The van der Waals surface area contributed by atoms with Gasteiger partial charge in [-0.05, 0) is 61.0 Å². The van der Waals surface area contributed by atoms with E-state index in [0.29, 0.717) is 22.5 Å². The van der Waals surface area contributed by atoms with Crippen LogP contribution in [0, 0.1) is 6.92 Å². The Kier molecular flexibility index (Phi) is 5.65. The molecule has 0 atom stereocenters. The summed E-state index contributed by atoms with van der Waals surface area (Å²) in [5.74, 6) is -0.373. The highest BCUT2D eigenvalue weighted by Crippen LogP contribution is 2.21. The molecule has 1 amide bonds. The van der Waals surface area contributed by atoms with Gasteiger partial charge in [-0.25, -0.2) is 8.42 Å². The van der Waals surface area contributed by atoms with Gasteiger partial charge in [0.15, 0.2) is 9.84 Å². The van der Waals surface area contributed by atoms with Crippen LogP contribution in [-0.4, -0.2) is 20.6 Å². The van der Waals surface area contributed by atoms with E-state index in [1.54, 1.807) is 37.3 Å². The van der Waals surface area contributed by atoms with Crippen LogP contribution in [0.15, 0.2) is 87.9 Å². The van der Waals surface area contributed by atoms with Gasteiger partial charge >= 0.3 is 0 Å². The number of hydrogen-bond donors (Lipinski definition) is 1. The van der Waals surface area contributed by atoms with Crippen molar-refractivity contribution in [3.05, 3.63) is 83.9 Å². The number of sulfone groups is 1. The second-order valence-electron chi connectivity index (χ2n) is 6.29. The molecule has 0 aliphatic heterocycles. The third-order valence-electron chi connectivity index (χ3n) is 4.04. The molecule has 142 valence electrons. The van der Waals surface area contributed by atoms with Crippen molar-refractivity contribution >= 4 is 32.8 Å². The lowest BCUT2D eigenvalue weighted by molar-refractivity contribution is 0.102. The molecule has 0 aliphatic carbocycles. The van der Waals surface area contributed by atoms with Crippen LogP contribution in [0.1, 0.15) is 15.9 Å². The Hall–Kier alpha value is -3.32. The molecule has 0 bridgehead atoms. The predicted octanol–water partition coefficient (Wildman–Crippen LogP) is 5.07. The highest BCUT2D eigenvalue weighted by atomic mass is 32.2. The van der Waals surface area contributed by atoms with Gasteiger partial charge in [-0.15, -0.1) is 0 Å². The van der Waals surface area contributed by atoms with Crippen LogP contribution in [-0.2, 0) is 9.84 Å². The van der Waals surface area contributed by atoms with Gasteiger partial charge in [0, 0.05) is 17.5 Å². The largest absolute Gasteiger partial charge is 0.322 e. The Bertz CT molecular complexity index is 1120. The molecule has 0 saturated heterocycles. The van der Waals surface area contributed by atoms with Crippen LogP contribution >= 0.6 is 0 Å². The molecule has 0 saturated carbocycles. The number of anilines is 1. The van der Waals surface area contributed by atoms with Gasteiger partial charge in [-0.2, -0.15) is 10.2 Å². The van der Waals surface area contributed by atoms with Crippen LogP contribution in [0.25, 0.3) is 0 Å². The molecule has 0 unspecified atom stereocenters. The lowest BCUT2D eigenvalue weighted by Crippen LogP contribution is -2.14. The lowest BCUT2D eigenvalue weighted by atomic mass is 10.1. The molecule has 6 nitrogen and oxygen atoms in total. The molecular weight excluding hydrogens is 374 g/mol. The third kappa shape index (κ3) is 4.89. The predicted molar refractivity (Wildman–Crippen MR) is 109 cm³/mol. The summed E-state index contributed by atoms with van der Waals surface area (Å²) in [5, 5.41) is 11.1. The average Bonchev–Trinajstić information content (AvgIpc) is 2.67. The standard InChI is InChI=1S/C21H19N3O3S/c1-15-8-13-19(28(2,26)27)14-20(15)21(25)22-16-9-11-18(12-10-16)24-23-17-6-4-3-5-7-17/h3-14H,1-2H3,(H,22,25). The fourth-order valence-electron chi connectivity index (χ4n) is 2.50. The minimum absolute atomic E-state index is 0.111. The Labute approximate surface area is 163 Å². The second-order valence-corrected chi connectivity index (χ2v) is 8.30. The van der Waals surface area contributed by atoms with E-state index in [4.69, 9.17) is 0 Å². The summed E-state index contributed by atoms with van der Waals surface area (Å²) in [6, 6.07) is 20.8. The quantitative estimate of drug-likeness (QED) is 0.614. The monoisotopic (exact) mass is 393 g/mol. The molecule has 0 heterocycles. The van der Waals surface area contributed by atoms with Gasteiger partial charge < -0.3 is 5.32 Å². The first-order chi connectivity index (χ1) is 13.3. The van der Waals surface area contributed by atoms with Crippen molar-refractivity contribution in [1.82, 2.24) is 0 Å². The van der Waals surface area contributed by atoms with Crippen molar-refractivity contribution in [1.29, 1.82) is 0 Å². The van der Waals surface area contributed by atoms with Gasteiger partial charge in [0.2, 0.25) is 0 Å². The second kappa shape index (κ2) is 8.14. The number of benzene rings is 3. The van der Waals surface area contributed by atoms with Crippen molar-refractivity contribution in [3.63, 3.8) is 0 Å². The van der Waals surface area contributed by atoms with Crippen LogP contribution in [0.5, 0.6) is 0 Å². The number of carbonyl (C=O) groups is 1. The zero-order chi connectivity index (χ0) is 20.1. The van der Waals surface area contributed by atoms with Crippen molar-refractivity contribution in [3.8, 4) is 0 Å². The summed E-state index contributed by atoms with van der Waals surface area (Å²) in [6.45, 7) is 1.76. The molecule has 0 fully saturated rings. The summed E-state index contributed by atoms with van der Waals surface area (Å²) in [6.07, 6.45) is 1.11. The first-order valence-electron chi connectivity index (χ1n) is 8.52. The van der Waals surface area contributed by atoms with Crippen molar-refractivity contribution < 1.29 is 13.2 Å². The van der Waals surface area contributed by atoms with Crippen molar-refractivity contribution in [2.45, 2.75) is 11.8 Å². The first kappa shape index (κ1) is 19.4. The average molecular weight is 393 g/mol. The van der Waals surface area contributed by atoms with E-state index in [9.17, 15) is 13.2 Å². The van der Waals surface area contributed by atoms with Gasteiger partial charge in [0.05, 0.1) is 16.3 Å². The van der Waals surface area contributed by atoms with E-state index in [-0.39, 0.29) is 10.8 Å². The van der Waals surface area contributed by atoms with E-state index in [2.05, 4.69) is 15.5 Å². The number of amides is 1. The Morgan fingerprint density at radius 3 is 2.07 bits per heavy atom. The number of nitrogens with zero attached hydrogens (tertiary/aromatic N) is 2. The molecule has 0 spiro atoms. The van der Waals surface area contributed by atoms with E-state index in [0.717, 1.165) is 11.9 Å². The van der Waals surface area contributed by atoms with Crippen LogP contribution < -0.4 is 5.32 Å². The van der Waals surface area contributed by atoms with Gasteiger partial charge in [0.25, 0.3) is 5.91 Å². The first-order valence-corrected chi connectivity index (χ1v) is 10.4. The molecule has 0 aliphatic rings. The van der Waals surface area contributed by atoms with Gasteiger partial charge in [0.1, 0.15) is 0 Å². The number of azo groups is 1. The van der Waals surface area contributed by atoms with Gasteiger partial charge in [-0.1, -0.05) is 24.3 Å². The third-order valence-corrected chi connectivity index (χ3v) is 5.15. The van der Waals surface area contributed by atoms with Crippen LogP contribution in [0.4, 0.5) is 17.1 Å². The maximum atomic E-state index is 12.6. The normalized spacial score (nSPS) is 11.5. The maximum Gasteiger partial charge on any atom is 0.255 e. The zero-order valence-electron chi connectivity index (χ0n) is 15.5. The van der Waals surface area contributed by atoms with E-state index < -0.39 is 9.84 Å². The summed E-state index contributed by atoms with van der Waals surface area (Å²) < 4.78 is 23.5. The number of hydrogen-bond acceptors (Lipinski definition) is 5. The molecule has 3 aromatic carbocycles. The molecule has 28 heavy (non-hydrogen) atoms. The van der Waals surface area contributed by atoms with E-state index >= 15 is 0 Å². The fraction of sp³-hybridized carbons (Fsp3) is 0.0952. The maximum absolute atomic E-state index is 12.6. The summed E-state index contributed by atoms with van der Waals surface area (Å²) >= 11 is 0. The van der Waals surface area contributed by atoms with Crippen LogP contribution in [0.3, 0.4) is 0 Å². The SMILES string of the molecule is Cc1ccc(S(C)(=O)=O)cc1C(=O)Nc1ccc(N=Nc2ccccc2)cc1. The summed E-state index contributed by atoms with van der Waals surface area (Å²) in [7, 11) is -3.39. The van der Waals surface area contributed by atoms with Crippen molar-refractivity contribution in [2.75, 3.05) is 11.6 Å². The molecule has 3 rings (SSSR count). The highest BCUT2D eigenvalue weighted by molar-refractivity contribution is 7.90. The number of aryl methyl sites for hydroxylation is 1. The lowest BCUT2D eigenvalue weighted by Gasteiger charge is -2.09.